The molecule has 1 aliphatic rings. The first-order valence-electron chi connectivity index (χ1n) is 6.95. The first-order valence-corrected chi connectivity index (χ1v) is 7.74. The highest BCUT2D eigenvalue weighted by Gasteiger charge is 2.26. The van der Waals surface area contributed by atoms with E-state index in [0.29, 0.717) is 11.7 Å². The molecule has 4 N–H and O–H groups in total. The number of hydrogen-bond acceptors (Lipinski definition) is 4. The number of pyridine rings is 1. The summed E-state index contributed by atoms with van der Waals surface area (Å²) in [6, 6.07) is 5.80. The van der Waals surface area contributed by atoms with Gasteiger partial charge < -0.3 is 16.4 Å². The number of fused-ring (bicyclic) bond motifs is 1. The number of hydrogen-bond donors (Lipinski definition) is 3. The van der Waals surface area contributed by atoms with Crippen LogP contribution in [-0.2, 0) is 4.79 Å². The van der Waals surface area contributed by atoms with Crippen molar-refractivity contribution in [3.63, 3.8) is 0 Å². The van der Waals surface area contributed by atoms with Crippen LogP contribution in [0.15, 0.2) is 28.9 Å². The zero-order valence-electron chi connectivity index (χ0n) is 11.7. The molecule has 0 spiro atoms. The minimum absolute atomic E-state index is 0.00291. The zero-order valence-corrected chi connectivity index (χ0v) is 13.3. The molecule has 6 heteroatoms. The first-order chi connectivity index (χ1) is 10.0. The summed E-state index contributed by atoms with van der Waals surface area (Å²) >= 11 is 3.45. The van der Waals surface area contributed by atoms with Crippen LogP contribution in [0, 0.1) is 0 Å². The van der Waals surface area contributed by atoms with Crippen LogP contribution in [0.3, 0.4) is 0 Å². The molecule has 1 unspecified atom stereocenters. The molecule has 1 amide bonds. The second-order valence-electron chi connectivity index (χ2n) is 5.40. The van der Waals surface area contributed by atoms with Gasteiger partial charge in [-0.25, -0.2) is 0 Å². The molecule has 21 heavy (non-hydrogen) atoms. The van der Waals surface area contributed by atoms with Crippen LogP contribution in [0.5, 0.6) is 0 Å². The summed E-state index contributed by atoms with van der Waals surface area (Å²) in [4.78, 5) is 16.4. The molecule has 1 heterocycles. The molecule has 0 radical (unpaired) electrons. The van der Waals surface area contributed by atoms with Crippen molar-refractivity contribution < 1.29 is 4.79 Å². The van der Waals surface area contributed by atoms with E-state index in [1.54, 1.807) is 6.20 Å². The number of nitrogens with one attached hydrogen (secondary N) is 2. The summed E-state index contributed by atoms with van der Waals surface area (Å²) in [7, 11) is 0. The second kappa shape index (κ2) is 5.52. The number of nitrogens with two attached hydrogens (primary N) is 1. The number of rotatable bonds is 4. The van der Waals surface area contributed by atoms with Gasteiger partial charge in [0.2, 0.25) is 5.91 Å². The smallest absolute Gasteiger partial charge is 0.242 e. The molecule has 2 aromatic rings. The van der Waals surface area contributed by atoms with Crippen LogP contribution in [0.2, 0.25) is 0 Å². The summed E-state index contributed by atoms with van der Waals surface area (Å²) in [5.41, 5.74) is 8.15. The van der Waals surface area contributed by atoms with E-state index >= 15 is 0 Å². The Hall–Kier alpha value is -1.82. The van der Waals surface area contributed by atoms with Crippen molar-refractivity contribution in [3.8, 4) is 0 Å². The van der Waals surface area contributed by atoms with Gasteiger partial charge in [-0.1, -0.05) is 15.9 Å². The Bertz CT molecular complexity index is 694. The van der Waals surface area contributed by atoms with Gasteiger partial charge in [-0.2, -0.15) is 0 Å². The normalized spacial score (nSPS) is 15.7. The third kappa shape index (κ3) is 3.10. The van der Waals surface area contributed by atoms with Crippen molar-refractivity contribution >= 4 is 44.1 Å². The summed E-state index contributed by atoms with van der Waals surface area (Å²) < 4.78 is 0.945. The number of carbonyl (C=O) groups excluding carboxylic acids is 1. The maximum Gasteiger partial charge on any atom is 0.242 e. The van der Waals surface area contributed by atoms with Crippen LogP contribution >= 0.6 is 15.9 Å². The minimum Gasteiger partial charge on any atom is -0.396 e. The quantitative estimate of drug-likeness (QED) is 0.793. The van der Waals surface area contributed by atoms with Gasteiger partial charge in [0, 0.05) is 15.9 Å². The zero-order chi connectivity index (χ0) is 15.0. The fourth-order valence-corrected chi connectivity index (χ4v) is 2.54. The summed E-state index contributed by atoms with van der Waals surface area (Å²) in [5, 5.41) is 7.10. The first kappa shape index (κ1) is 14.1. The predicted molar refractivity (Wildman–Crippen MR) is 88.1 cm³/mol. The van der Waals surface area contributed by atoms with E-state index in [-0.39, 0.29) is 11.9 Å². The van der Waals surface area contributed by atoms with Crippen molar-refractivity contribution in [2.45, 2.75) is 31.8 Å². The van der Waals surface area contributed by atoms with Gasteiger partial charge in [0.1, 0.15) is 6.04 Å². The van der Waals surface area contributed by atoms with Crippen molar-refractivity contribution in [2.75, 3.05) is 11.1 Å². The largest absolute Gasteiger partial charge is 0.396 e. The van der Waals surface area contributed by atoms with E-state index in [0.717, 1.165) is 33.9 Å². The maximum absolute atomic E-state index is 12.1. The Morgan fingerprint density at radius 3 is 2.95 bits per heavy atom. The van der Waals surface area contributed by atoms with Gasteiger partial charge in [0.15, 0.2) is 0 Å². The molecular formula is C15H17BrN4O. The summed E-state index contributed by atoms with van der Waals surface area (Å²) in [5.74, 6) is -0.00291. The molecular weight excluding hydrogens is 332 g/mol. The number of anilines is 2. The Balaban J connectivity index is 1.89. The van der Waals surface area contributed by atoms with Gasteiger partial charge in [0.05, 0.1) is 23.1 Å². The molecule has 5 nitrogen and oxygen atoms in total. The Labute approximate surface area is 131 Å². The average Bonchev–Trinajstić information content (AvgIpc) is 3.26. The Kier molecular flexibility index (Phi) is 3.71. The third-order valence-electron chi connectivity index (χ3n) is 3.54. The molecule has 1 aromatic carbocycles. The molecule has 1 aliphatic carbocycles. The van der Waals surface area contributed by atoms with Gasteiger partial charge in [-0.15, -0.1) is 0 Å². The fourth-order valence-electron chi connectivity index (χ4n) is 2.18. The van der Waals surface area contributed by atoms with E-state index in [1.165, 1.54) is 0 Å². The van der Waals surface area contributed by atoms with Crippen molar-refractivity contribution in [1.29, 1.82) is 0 Å². The highest BCUT2D eigenvalue weighted by atomic mass is 79.9. The van der Waals surface area contributed by atoms with E-state index in [4.69, 9.17) is 5.73 Å². The molecule has 1 atom stereocenters. The highest BCUT2D eigenvalue weighted by molar-refractivity contribution is 9.10. The number of amides is 1. The Morgan fingerprint density at radius 1 is 1.48 bits per heavy atom. The SMILES string of the molecule is CC(Nc1c(N)cnc2ccc(Br)cc12)C(=O)NC1CC1. The maximum atomic E-state index is 12.1. The standard InChI is InChI=1S/C15H17BrN4O/c1-8(15(21)20-10-3-4-10)19-14-11-6-9(16)2-5-13(11)18-7-12(14)17/h2,5-8,10H,3-4,17H2,1H3,(H,18,19)(H,20,21). The van der Waals surface area contributed by atoms with Gasteiger partial charge in [-0.3, -0.25) is 9.78 Å². The number of aromatic nitrogens is 1. The number of carbonyl (C=O) groups is 1. The third-order valence-corrected chi connectivity index (χ3v) is 4.03. The number of nitrogens with zero attached hydrogens (tertiary/aromatic N) is 1. The Morgan fingerprint density at radius 2 is 2.24 bits per heavy atom. The van der Waals surface area contributed by atoms with Crippen LogP contribution in [-0.4, -0.2) is 23.0 Å². The molecule has 110 valence electrons. The predicted octanol–water partition coefficient (Wildman–Crippen LogP) is 2.66. The van der Waals surface area contributed by atoms with E-state index in [2.05, 4.69) is 31.5 Å². The molecule has 1 fully saturated rings. The minimum atomic E-state index is -0.350. The lowest BCUT2D eigenvalue weighted by molar-refractivity contribution is -0.121. The molecule has 1 saturated carbocycles. The van der Waals surface area contributed by atoms with Crippen LogP contribution in [0.1, 0.15) is 19.8 Å². The molecule has 3 rings (SSSR count). The monoisotopic (exact) mass is 348 g/mol. The van der Waals surface area contributed by atoms with Gasteiger partial charge in [-0.05, 0) is 38.0 Å². The lowest BCUT2D eigenvalue weighted by atomic mass is 10.1. The van der Waals surface area contributed by atoms with Crippen LogP contribution in [0.25, 0.3) is 10.9 Å². The topological polar surface area (TPSA) is 80.0 Å². The van der Waals surface area contributed by atoms with Crippen LogP contribution < -0.4 is 16.4 Å². The average molecular weight is 349 g/mol. The molecule has 1 aromatic heterocycles. The molecule has 0 aliphatic heterocycles. The van der Waals surface area contributed by atoms with E-state index < -0.39 is 0 Å². The number of halogens is 1. The number of nitrogen functional groups attached to an aromatic ring is 1. The summed E-state index contributed by atoms with van der Waals surface area (Å²) in [6.45, 7) is 1.83. The van der Waals surface area contributed by atoms with E-state index in [9.17, 15) is 4.79 Å². The number of benzene rings is 1. The fraction of sp³-hybridized carbons (Fsp3) is 0.333. The van der Waals surface area contributed by atoms with Gasteiger partial charge >= 0.3 is 0 Å². The second-order valence-corrected chi connectivity index (χ2v) is 6.31. The lowest BCUT2D eigenvalue weighted by Gasteiger charge is -2.18. The molecule has 0 saturated heterocycles. The van der Waals surface area contributed by atoms with Gasteiger partial charge in [0.25, 0.3) is 0 Å². The van der Waals surface area contributed by atoms with E-state index in [1.807, 2.05) is 25.1 Å². The van der Waals surface area contributed by atoms with Crippen molar-refractivity contribution in [2.24, 2.45) is 0 Å². The van der Waals surface area contributed by atoms with Crippen LogP contribution in [0.4, 0.5) is 11.4 Å². The van der Waals surface area contributed by atoms with Crippen molar-refractivity contribution in [3.05, 3.63) is 28.9 Å². The summed E-state index contributed by atoms with van der Waals surface area (Å²) in [6.07, 6.45) is 3.77. The highest BCUT2D eigenvalue weighted by Crippen LogP contribution is 2.30. The lowest BCUT2D eigenvalue weighted by Crippen LogP contribution is -2.38. The van der Waals surface area contributed by atoms with Crippen molar-refractivity contribution in [1.82, 2.24) is 10.3 Å². The molecule has 0 bridgehead atoms.